The van der Waals surface area contributed by atoms with Crippen molar-refractivity contribution in [3.8, 4) is 0 Å². The monoisotopic (exact) mass is 715 g/mol. The topological polar surface area (TPSA) is 127 Å². The smallest absolute Gasteiger partial charge is 0.355 e. The van der Waals surface area contributed by atoms with Crippen molar-refractivity contribution < 1.29 is 17.6 Å². The average Bonchev–Trinajstić information content (AvgIpc) is 3.47. The van der Waals surface area contributed by atoms with E-state index in [1.54, 1.807) is 19.2 Å². The Bertz CT molecular complexity index is 2180. The Balaban J connectivity index is 1.32. The molecule has 0 bridgehead atoms. The van der Waals surface area contributed by atoms with Gasteiger partial charge in [-0.2, -0.15) is 15.2 Å². The van der Waals surface area contributed by atoms with Crippen molar-refractivity contribution in [1.82, 2.24) is 38.7 Å². The van der Waals surface area contributed by atoms with E-state index in [4.69, 9.17) is 21.1 Å². The highest BCUT2D eigenvalue weighted by Crippen LogP contribution is 2.49. The molecule has 0 saturated heterocycles. The first-order chi connectivity index (χ1) is 22.9. The van der Waals surface area contributed by atoms with Gasteiger partial charge in [0, 0.05) is 48.8 Å². The van der Waals surface area contributed by atoms with E-state index in [2.05, 4.69) is 54.2 Å². The normalized spacial score (nSPS) is 14.5. The van der Waals surface area contributed by atoms with Crippen LogP contribution in [0.5, 0.6) is 0 Å². The second-order valence-electron chi connectivity index (χ2n) is 14.3. The summed E-state index contributed by atoms with van der Waals surface area (Å²) in [5.74, 6) is -3.91. The number of anilines is 2. The van der Waals surface area contributed by atoms with Gasteiger partial charge in [-0.1, -0.05) is 32.4 Å². The average molecular weight is 716 g/mol. The molecule has 0 spiro atoms. The molecule has 12 nitrogen and oxygen atoms in total. The largest absolute Gasteiger partial charge is 0.416 e. The summed E-state index contributed by atoms with van der Waals surface area (Å²) in [6.45, 7) is 11.5. The van der Waals surface area contributed by atoms with E-state index >= 15 is 0 Å². The van der Waals surface area contributed by atoms with E-state index in [0.29, 0.717) is 30.8 Å². The molecule has 1 N–H and O–H groups in total. The van der Waals surface area contributed by atoms with Crippen LogP contribution in [0.1, 0.15) is 45.0 Å². The number of benzene rings is 2. The van der Waals surface area contributed by atoms with E-state index in [1.165, 1.54) is 11.0 Å². The van der Waals surface area contributed by atoms with Crippen LogP contribution < -0.4 is 16.7 Å². The third kappa shape index (κ3) is 7.21. The van der Waals surface area contributed by atoms with Gasteiger partial charge in [0.2, 0.25) is 5.95 Å². The van der Waals surface area contributed by atoms with Crippen molar-refractivity contribution in [2.24, 2.45) is 12.5 Å². The highest BCUT2D eigenvalue weighted by atomic mass is 35.5. The highest BCUT2D eigenvalue weighted by Gasteiger charge is 2.47. The van der Waals surface area contributed by atoms with Crippen LogP contribution in [0.3, 0.4) is 0 Å². The molecule has 6 rings (SSSR count). The lowest BCUT2D eigenvalue weighted by Gasteiger charge is -2.37. The summed E-state index contributed by atoms with van der Waals surface area (Å²) in [6, 6.07) is 4.38. The lowest BCUT2D eigenvalue weighted by Crippen LogP contribution is -2.43. The Morgan fingerprint density at radius 1 is 1.00 bits per heavy atom. The summed E-state index contributed by atoms with van der Waals surface area (Å²) < 4.78 is 54.1. The Labute approximate surface area is 285 Å². The number of fused-ring (bicyclic) bond motifs is 1. The maximum atomic E-state index is 14.8. The molecular weight excluding hydrogens is 679 g/mol. The van der Waals surface area contributed by atoms with Crippen molar-refractivity contribution in [2.75, 3.05) is 11.9 Å². The summed E-state index contributed by atoms with van der Waals surface area (Å²) >= 11 is 6.65. The van der Waals surface area contributed by atoms with Crippen LogP contribution >= 0.6 is 11.6 Å². The number of nitrogens with zero attached hydrogens (tertiary/aromatic N) is 8. The van der Waals surface area contributed by atoms with Crippen molar-refractivity contribution in [3.05, 3.63) is 91.6 Å². The minimum absolute atomic E-state index is 0.00621. The summed E-state index contributed by atoms with van der Waals surface area (Å²) in [5.41, 5.74) is -1.29. The number of hydrogen-bond acceptors (Lipinski definition) is 8. The Kier molecular flexibility index (Phi) is 8.86. The van der Waals surface area contributed by atoms with Crippen molar-refractivity contribution in [1.29, 1.82) is 0 Å². The fraction of sp³-hybridized carbons (Fsp3) is 0.438. The van der Waals surface area contributed by atoms with E-state index < -0.39 is 43.7 Å². The fourth-order valence-electron chi connectivity index (χ4n) is 5.17. The Hall–Kier alpha value is -4.28. The minimum Gasteiger partial charge on any atom is -0.416 e. The predicted molar refractivity (Wildman–Crippen MR) is 181 cm³/mol. The third-order valence-electron chi connectivity index (χ3n) is 9.40. The molecule has 1 aliphatic rings. The molecule has 0 amide bonds. The molecule has 260 valence electrons. The quantitative estimate of drug-likeness (QED) is 0.139. The van der Waals surface area contributed by atoms with E-state index in [0.717, 1.165) is 27.4 Å². The molecule has 49 heavy (non-hydrogen) atoms. The molecule has 1 saturated carbocycles. The number of nitrogens with one attached hydrogen (secondary N) is 1. The van der Waals surface area contributed by atoms with Crippen LogP contribution in [0, 0.1) is 22.9 Å². The summed E-state index contributed by atoms with van der Waals surface area (Å²) in [4.78, 5) is 35.0. The van der Waals surface area contributed by atoms with Crippen LogP contribution in [-0.2, 0) is 31.1 Å². The molecular formula is C32H37ClF3N9O3Si. The van der Waals surface area contributed by atoms with Gasteiger partial charge < -0.3 is 9.74 Å². The number of aromatic nitrogens is 8. The summed E-state index contributed by atoms with van der Waals surface area (Å²) in [5, 5.41) is 12.8. The molecule has 2 aromatic carbocycles. The van der Waals surface area contributed by atoms with Crippen LogP contribution in [0.4, 0.5) is 24.8 Å². The maximum absolute atomic E-state index is 14.8. The highest BCUT2D eigenvalue weighted by molar-refractivity contribution is 6.74. The second-order valence-corrected chi connectivity index (χ2v) is 19.5. The molecule has 3 aromatic heterocycles. The molecule has 0 aliphatic heterocycles. The van der Waals surface area contributed by atoms with Crippen molar-refractivity contribution in [3.63, 3.8) is 0 Å². The van der Waals surface area contributed by atoms with Crippen LogP contribution in [0.25, 0.3) is 10.9 Å². The summed E-state index contributed by atoms with van der Waals surface area (Å²) in [7, 11) is -0.299. The molecule has 5 aromatic rings. The third-order valence-corrected chi connectivity index (χ3v) is 14.2. The van der Waals surface area contributed by atoms with Gasteiger partial charge in [-0.05, 0) is 49.2 Å². The van der Waals surface area contributed by atoms with Crippen molar-refractivity contribution in [2.45, 2.75) is 71.4 Å². The van der Waals surface area contributed by atoms with Gasteiger partial charge in [0.15, 0.2) is 25.8 Å². The first-order valence-electron chi connectivity index (χ1n) is 15.7. The number of hydrogen-bond donors (Lipinski definition) is 1. The first kappa shape index (κ1) is 34.6. The van der Waals surface area contributed by atoms with Gasteiger partial charge in [-0.3, -0.25) is 13.9 Å². The zero-order chi connectivity index (χ0) is 35.5. The van der Waals surface area contributed by atoms with Crippen molar-refractivity contribution >= 4 is 42.5 Å². The van der Waals surface area contributed by atoms with Gasteiger partial charge in [-0.15, -0.1) is 0 Å². The molecule has 0 radical (unpaired) electrons. The summed E-state index contributed by atoms with van der Waals surface area (Å²) in [6.07, 6.45) is 5.36. The first-order valence-corrected chi connectivity index (χ1v) is 19.0. The lowest BCUT2D eigenvalue weighted by molar-refractivity contribution is 0.194. The van der Waals surface area contributed by atoms with Gasteiger partial charge in [0.05, 0.1) is 29.3 Å². The molecule has 0 unspecified atom stereocenters. The van der Waals surface area contributed by atoms with E-state index in [-0.39, 0.29) is 45.0 Å². The van der Waals surface area contributed by atoms with E-state index in [9.17, 15) is 22.8 Å². The molecule has 3 heterocycles. The maximum Gasteiger partial charge on any atom is 0.355 e. The Morgan fingerprint density at radius 3 is 2.37 bits per heavy atom. The SMILES string of the molecule is Cn1cnc(Cn2c(=O)nc(Nc3cc4cn(CC5(CO[Si](C)(C)C(C)(C)C)CC5)nc4cc3Cl)n(Cc3cc(F)c(F)cc3F)c2=O)n1. The van der Waals surface area contributed by atoms with Gasteiger partial charge in [0.1, 0.15) is 12.1 Å². The molecule has 17 heteroatoms. The molecule has 1 fully saturated rings. The van der Waals surface area contributed by atoms with Crippen LogP contribution in [0.15, 0.2) is 46.4 Å². The predicted octanol–water partition coefficient (Wildman–Crippen LogP) is 5.60. The lowest BCUT2D eigenvalue weighted by atomic mass is 10.1. The van der Waals surface area contributed by atoms with Crippen LogP contribution in [0.2, 0.25) is 23.2 Å². The number of halogens is 4. The fourth-order valence-corrected chi connectivity index (χ4v) is 6.47. The van der Waals surface area contributed by atoms with E-state index in [1.807, 2.05) is 10.9 Å². The number of aryl methyl sites for hydroxylation is 1. The minimum atomic E-state index is -1.92. The second kappa shape index (κ2) is 12.6. The zero-order valence-corrected chi connectivity index (χ0v) is 29.8. The molecule has 1 aliphatic carbocycles. The van der Waals surface area contributed by atoms with Gasteiger partial charge in [-0.25, -0.2) is 32.3 Å². The van der Waals surface area contributed by atoms with Gasteiger partial charge >= 0.3 is 11.4 Å². The van der Waals surface area contributed by atoms with Gasteiger partial charge in [0.25, 0.3) is 0 Å². The Morgan fingerprint density at radius 2 is 1.71 bits per heavy atom. The van der Waals surface area contributed by atoms with Crippen LogP contribution in [-0.4, -0.2) is 53.6 Å². The standard InChI is InChI=1S/C32H37ClF3N9O3Si/c1-31(2,3)49(5,6)48-17-32(7-8-32)16-43-13-20-10-26(21(33)11-25(20)40-43)38-28-39-29(46)45(15-27-37-18-42(4)41-27)30(47)44(28)14-19-9-23(35)24(36)12-22(19)34/h9-13,18H,7-8,14-17H2,1-6H3,(H,38,39,46). The zero-order valence-electron chi connectivity index (χ0n) is 28.0. The molecule has 0 atom stereocenters. The number of rotatable bonds is 11.